The minimum Gasteiger partial charge on any atom is -0.481 e. The highest BCUT2D eigenvalue weighted by molar-refractivity contribution is 9.11. The van der Waals surface area contributed by atoms with Crippen LogP contribution in [0.1, 0.15) is 176 Å². The van der Waals surface area contributed by atoms with E-state index < -0.39 is 22.8 Å². The molecule has 12 aliphatic rings. The smallest absolute Gasteiger partial charge is 0.311 e. The molecule has 0 radical (unpaired) electrons. The highest BCUT2D eigenvalue weighted by atomic mass is 79.9. The lowest BCUT2D eigenvalue weighted by atomic mass is 9.52. The van der Waals surface area contributed by atoms with Crippen molar-refractivity contribution in [2.24, 2.45) is 21.7 Å². The molecule has 0 saturated heterocycles. The first-order chi connectivity index (χ1) is 35.3. The fraction of sp³-hybridized carbons (Fsp3) is 0.548. The third-order valence-electron chi connectivity index (χ3n) is 20.9. The van der Waals surface area contributed by atoms with E-state index in [0.717, 1.165) is 172 Å². The maximum Gasteiger partial charge on any atom is 0.311 e. The molecule has 0 atom stereocenters. The number of carboxylic acids is 2. The summed E-state index contributed by atoms with van der Waals surface area (Å²) in [5.41, 5.74) is 5.56. The number of carboxylic acid groups (broad SMARTS) is 2. The third-order valence-corrected chi connectivity index (χ3v) is 23.0. The van der Waals surface area contributed by atoms with Crippen LogP contribution >= 0.6 is 63.7 Å². The van der Waals surface area contributed by atoms with Gasteiger partial charge in [-0.05, 0) is 247 Å². The van der Waals surface area contributed by atoms with Crippen molar-refractivity contribution in [1.29, 1.82) is 0 Å². The molecule has 0 unspecified atom stereocenters. The number of ether oxygens (including phenoxy) is 2. The van der Waals surface area contributed by atoms with Crippen molar-refractivity contribution in [3.8, 4) is 0 Å². The summed E-state index contributed by atoms with van der Waals surface area (Å²) in [6.07, 6.45) is 23.8. The standard InChI is InChI=1S/2C16H19BrO2.2C15H17BrO2/c1-19-14(18)16-9-6-15(7-10-16,8-11-16)12-2-4-13(17)5-3-12;1-19-14(18)16-8-5-15(6-9-16,7-10-16)12-3-2-4-13(17)11-12;16-12-3-1-11(2-4-12)14-5-8-15(9-6-14,10-7-14)13(17)18;16-12-3-1-2-11(10-12)14-4-7-15(8-5-14,9-6-14)13(17)18/h2-5H,6-11H2,1H3;2-4,11H,5-10H2,1H3;1-4H,5-10H2,(H,17,18);1-3,10H,4-9H2,(H,17,18). The fourth-order valence-electron chi connectivity index (χ4n) is 15.4. The molecular formula is C62H72Br4O8. The van der Waals surface area contributed by atoms with E-state index in [1.54, 1.807) is 0 Å². The summed E-state index contributed by atoms with van der Waals surface area (Å²) in [5.74, 6) is -1.14. The number of halogens is 4. The first kappa shape index (κ1) is 55.4. The Hall–Kier alpha value is -3.32. The van der Waals surface area contributed by atoms with Crippen LogP contribution in [0.25, 0.3) is 0 Å². The number of esters is 2. The zero-order valence-corrected chi connectivity index (χ0v) is 49.4. The average Bonchev–Trinajstić information content (AvgIpc) is 3.46. The molecule has 0 aliphatic heterocycles. The highest BCUT2D eigenvalue weighted by Crippen LogP contribution is 2.61. The summed E-state index contributed by atoms with van der Waals surface area (Å²) in [6, 6.07) is 34.5. The second-order valence-electron chi connectivity index (χ2n) is 23.9. The van der Waals surface area contributed by atoms with Crippen molar-refractivity contribution in [2.75, 3.05) is 14.2 Å². The number of aliphatic carboxylic acids is 2. The van der Waals surface area contributed by atoms with Crippen molar-refractivity contribution in [2.45, 2.75) is 176 Å². The Balaban J connectivity index is 0.000000121. The number of hydrogen-bond donors (Lipinski definition) is 2. The Bertz CT molecular complexity index is 2620. The van der Waals surface area contributed by atoms with E-state index in [4.69, 9.17) is 9.47 Å². The first-order valence-electron chi connectivity index (χ1n) is 27.0. The molecule has 396 valence electrons. The minimum absolute atomic E-state index is 0.00930. The molecule has 2 N–H and O–H groups in total. The van der Waals surface area contributed by atoms with Crippen LogP contribution in [0.15, 0.2) is 115 Å². The van der Waals surface area contributed by atoms with E-state index in [9.17, 15) is 29.4 Å². The van der Waals surface area contributed by atoms with Crippen LogP contribution in [0.3, 0.4) is 0 Å². The van der Waals surface area contributed by atoms with Crippen LogP contribution < -0.4 is 0 Å². The van der Waals surface area contributed by atoms with Crippen molar-refractivity contribution < 1.29 is 38.9 Å². The molecule has 8 bridgehead atoms. The molecule has 8 nitrogen and oxygen atoms in total. The second kappa shape index (κ2) is 21.8. The zero-order valence-electron chi connectivity index (χ0n) is 43.1. The van der Waals surface area contributed by atoms with Gasteiger partial charge in [0, 0.05) is 17.9 Å². The highest BCUT2D eigenvalue weighted by Gasteiger charge is 2.56. The third kappa shape index (κ3) is 10.6. The summed E-state index contributed by atoms with van der Waals surface area (Å²) in [4.78, 5) is 46.8. The van der Waals surface area contributed by atoms with Crippen molar-refractivity contribution in [1.82, 2.24) is 0 Å². The molecule has 16 rings (SSSR count). The van der Waals surface area contributed by atoms with E-state index in [1.807, 2.05) is 6.07 Å². The van der Waals surface area contributed by atoms with Crippen LogP contribution in [0.4, 0.5) is 0 Å². The molecule has 74 heavy (non-hydrogen) atoms. The molecule has 12 saturated carbocycles. The van der Waals surface area contributed by atoms with E-state index in [1.165, 1.54) is 36.5 Å². The van der Waals surface area contributed by atoms with Gasteiger partial charge in [0.1, 0.15) is 0 Å². The zero-order chi connectivity index (χ0) is 52.6. The number of methoxy groups -OCH3 is 2. The summed E-state index contributed by atoms with van der Waals surface area (Å²) < 4.78 is 14.5. The molecule has 12 heteroatoms. The Morgan fingerprint density at radius 3 is 0.811 bits per heavy atom. The summed E-state index contributed by atoms with van der Waals surface area (Å²) >= 11 is 14.1. The molecule has 0 spiro atoms. The van der Waals surface area contributed by atoms with Gasteiger partial charge < -0.3 is 19.7 Å². The lowest BCUT2D eigenvalue weighted by Crippen LogP contribution is -2.48. The Morgan fingerprint density at radius 2 is 0.581 bits per heavy atom. The Labute approximate surface area is 471 Å². The summed E-state index contributed by atoms with van der Waals surface area (Å²) in [7, 11) is 3.03. The van der Waals surface area contributed by atoms with Gasteiger partial charge in [-0.1, -0.05) is 112 Å². The SMILES string of the molecule is COC(=O)C12CCC(c3ccc(Br)cc3)(CC1)CC2.COC(=O)C12CCC(c3cccc(Br)c3)(CC1)CC2.O=C(O)C12CCC(c3ccc(Br)cc3)(CC1)CC2.O=C(O)C12CCC(c3cccc(Br)c3)(CC1)CC2. The van der Waals surface area contributed by atoms with Crippen molar-refractivity contribution in [3.05, 3.63) is 137 Å². The summed E-state index contributed by atoms with van der Waals surface area (Å²) in [5, 5.41) is 18.8. The molecule has 0 aromatic heterocycles. The van der Waals surface area contributed by atoms with Gasteiger partial charge in [0.2, 0.25) is 0 Å². The molecule has 0 amide bonds. The molecule has 0 heterocycles. The largest absolute Gasteiger partial charge is 0.481 e. The second-order valence-corrected chi connectivity index (χ2v) is 27.5. The predicted octanol–water partition coefficient (Wildman–Crippen LogP) is 16.7. The van der Waals surface area contributed by atoms with E-state index in [2.05, 4.69) is 155 Å². The maximum absolute atomic E-state index is 12.0. The number of carbonyl (C=O) groups excluding carboxylic acids is 2. The minimum atomic E-state index is -0.579. The maximum atomic E-state index is 12.0. The van der Waals surface area contributed by atoms with E-state index in [-0.39, 0.29) is 33.6 Å². The Morgan fingerprint density at radius 1 is 0.338 bits per heavy atom. The molecule has 12 aliphatic carbocycles. The molecule has 12 fully saturated rings. The van der Waals surface area contributed by atoms with Crippen LogP contribution in [0, 0.1) is 21.7 Å². The number of fused-ring (bicyclic) bond motifs is 12. The first-order valence-corrected chi connectivity index (χ1v) is 30.2. The quantitative estimate of drug-likeness (QED) is 0.167. The monoisotopic (exact) mass is 1260 g/mol. The van der Waals surface area contributed by atoms with Gasteiger partial charge in [-0.2, -0.15) is 0 Å². The van der Waals surface area contributed by atoms with Gasteiger partial charge in [0.05, 0.1) is 35.9 Å². The van der Waals surface area contributed by atoms with Crippen LogP contribution in [-0.2, 0) is 50.3 Å². The van der Waals surface area contributed by atoms with E-state index in [0.29, 0.717) is 10.8 Å². The average molecular weight is 1260 g/mol. The number of hydrogen-bond acceptors (Lipinski definition) is 6. The number of benzene rings is 4. The Kier molecular flexibility index (Phi) is 16.4. The molecule has 4 aromatic rings. The normalized spacial score (nSPS) is 33.8. The van der Waals surface area contributed by atoms with Gasteiger partial charge in [0.15, 0.2) is 0 Å². The lowest BCUT2D eigenvalue weighted by Gasteiger charge is -2.52. The van der Waals surface area contributed by atoms with Gasteiger partial charge in [-0.25, -0.2) is 0 Å². The van der Waals surface area contributed by atoms with Crippen LogP contribution in [-0.4, -0.2) is 48.3 Å². The van der Waals surface area contributed by atoms with Gasteiger partial charge in [0.25, 0.3) is 0 Å². The molecule has 4 aromatic carbocycles. The predicted molar refractivity (Wildman–Crippen MR) is 303 cm³/mol. The van der Waals surface area contributed by atoms with Gasteiger partial charge in [-0.15, -0.1) is 0 Å². The van der Waals surface area contributed by atoms with Crippen molar-refractivity contribution >= 4 is 87.6 Å². The number of carbonyl (C=O) groups is 4. The van der Waals surface area contributed by atoms with Crippen molar-refractivity contribution in [3.63, 3.8) is 0 Å². The topological polar surface area (TPSA) is 127 Å². The lowest BCUT2D eigenvalue weighted by molar-refractivity contribution is -0.160. The van der Waals surface area contributed by atoms with Gasteiger partial charge >= 0.3 is 23.9 Å². The number of rotatable bonds is 8. The fourth-order valence-corrected chi connectivity index (χ4v) is 16.7. The van der Waals surface area contributed by atoms with Crippen LogP contribution in [0.2, 0.25) is 0 Å². The molecular weight excluding hydrogens is 1190 g/mol. The summed E-state index contributed by atoms with van der Waals surface area (Å²) in [6.45, 7) is 0. The van der Waals surface area contributed by atoms with E-state index >= 15 is 0 Å². The van der Waals surface area contributed by atoms with Gasteiger partial charge in [-0.3, -0.25) is 19.2 Å². The van der Waals surface area contributed by atoms with Crippen LogP contribution in [0.5, 0.6) is 0 Å².